The van der Waals surface area contributed by atoms with Crippen LogP contribution >= 0.6 is 0 Å². The summed E-state index contributed by atoms with van der Waals surface area (Å²) in [5, 5.41) is 21.4. The summed E-state index contributed by atoms with van der Waals surface area (Å²) in [5.41, 5.74) is 0.654. The predicted octanol–water partition coefficient (Wildman–Crippen LogP) is 1.23. The van der Waals surface area contributed by atoms with Crippen LogP contribution in [0.25, 0.3) is 0 Å². The fraction of sp³-hybridized carbons (Fsp3) is 0.583. The second kappa shape index (κ2) is 5.33. The van der Waals surface area contributed by atoms with Crippen LogP contribution in [0.2, 0.25) is 0 Å². The van der Waals surface area contributed by atoms with Gasteiger partial charge in [-0.2, -0.15) is 0 Å². The molecule has 0 aromatic carbocycles. The highest BCUT2D eigenvalue weighted by Gasteiger charge is 2.26. The van der Waals surface area contributed by atoms with Crippen molar-refractivity contribution in [1.82, 2.24) is 5.32 Å². The number of furan rings is 1. The first-order chi connectivity index (χ1) is 8.22. The zero-order chi connectivity index (χ0) is 12.3. The number of aromatic carboxylic acids is 1. The van der Waals surface area contributed by atoms with E-state index in [2.05, 4.69) is 5.32 Å². The lowest BCUT2D eigenvalue weighted by molar-refractivity contribution is 0.0660. The van der Waals surface area contributed by atoms with Crippen molar-refractivity contribution in [3.8, 4) is 0 Å². The van der Waals surface area contributed by atoms with Crippen molar-refractivity contribution in [2.24, 2.45) is 5.92 Å². The maximum atomic E-state index is 10.8. The quantitative estimate of drug-likeness (QED) is 0.719. The molecule has 0 aliphatic heterocycles. The van der Waals surface area contributed by atoms with Crippen molar-refractivity contribution in [3.63, 3.8) is 0 Å². The smallest absolute Gasteiger partial charge is 0.372 e. The standard InChI is InChI=1S/C12H17NO4/c14-7-9-2-1-3-10(9)13-6-8-4-5-17-11(8)12(15)16/h4-5,9-10,13-14H,1-3,6-7H2,(H,15,16). The summed E-state index contributed by atoms with van der Waals surface area (Å²) < 4.78 is 4.91. The van der Waals surface area contributed by atoms with Gasteiger partial charge in [-0.05, 0) is 24.8 Å². The number of carboxylic acids is 1. The molecule has 5 nitrogen and oxygen atoms in total. The van der Waals surface area contributed by atoms with Crippen LogP contribution in [0, 0.1) is 5.92 Å². The Morgan fingerprint density at radius 3 is 3.06 bits per heavy atom. The van der Waals surface area contributed by atoms with Crippen molar-refractivity contribution >= 4 is 5.97 Å². The maximum absolute atomic E-state index is 10.8. The molecule has 1 aliphatic rings. The van der Waals surface area contributed by atoms with Crippen LogP contribution in [-0.2, 0) is 6.54 Å². The zero-order valence-corrected chi connectivity index (χ0v) is 9.56. The van der Waals surface area contributed by atoms with Crippen molar-refractivity contribution in [2.45, 2.75) is 31.8 Å². The fourth-order valence-electron chi connectivity index (χ4n) is 2.43. The normalized spacial score (nSPS) is 24.1. The minimum absolute atomic E-state index is 0.00366. The van der Waals surface area contributed by atoms with E-state index in [9.17, 15) is 9.90 Å². The summed E-state index contributed by atoms with van der Waals surface area (Å²) in [6.45, 7) is 0.661. The van der Waals surface area contributed by atoms with E-state index in [1.54, 1.807) is 6.07 Å². The van der Waals surface area contributed by atoms with Crippen LogP contribution in [0.3, 0.4) is 0 Å². The molecule has 1 saturated carbocycles. The molecule has 3 N–H and O–H groups in total. The fourth-order valence-corrected chi connectivity index (χ4v) is 2.43. The molecule has 0 saturated heterocycles. The Hall–Kier alpha value is -1.33. The molecule has 2 unspecified atom stereocenters. The van der Waals surface area contributed by atoms with Crippen LogP contribution in [0.15, 0.2) is 16.7 Å². The monoisotopic (exact) mass is 239 g/mol. The molecular weight excluding hydrogens is 222 g/mol. The number of hydrogen-bond donors (Lipinski definition) is 3. The van der Waals surface area contributed by atoms with E-state index < -0.39 is 5.97 Å². The molecule has 2 atom stereocenters. The van der Waals surface area contributed by atoms with Crippen molar-refractivity contribution in [3.05, 3.63) is 23.7 Å². The third-order valence-corrected chi connectivity index (χ3v) is 3.39. The van der Waals surface area contributed by atoms with E-state index in [4.69, 9.17) is 9.52 Å². The van der Waals surface area contributed by atoms with Gasteiger partial charge < -0.3 is 19.9 Å². The molecule has 1 aromatic heterocycles. The van der Waals surface area contributed by atoms with Crippen LogP contribution in [0.1, 0.15) is 35.4 Å². The van der Waals surface area contributed by atoms with Crippen LogP contribution in [0.5, 0.6) is 0 Å². The first kappa shape index (κ1) is 12.1. The molecule has 5 heteroatoms. The molecule has 0 amide bonds. The van der Waals surface area contributed by atoms with Gasteiger partial charge in [0, 0.05) is 24.8 Å². The summed E-state index contributed by atoms with van der Waals surface area (Å²) in [6.07, 6.45) is 4.57. The Morgan fingerprint density at radius 2 is 2.35 bits per heavy atom. The summed E-state index contributed by atoms with van der Waals surface area (Å²) >= 11 is 0. The van der Waals surface area contributed by atoms with Gasteiger partial charge in [-0.3, -0.25) is 0 Å². The van der Waals surface area contributed by atoms with Crippen LogP contribution < -0.4 is 5.32 Å². The van der Waals surface area contributed by atoms with Gasteiger partial charge in [0.1, 0.15) is 0 Å². The molecule has 17 heavy (non-hydrogen) atoms. The maximum Gasteiger partial charge on any atom is 0.372 e. The van der Waals surface area contributed by atoms with E-state index in [1.807, 2.05) is 0 Å². The average Bonchev–Trinajstić information content (AvgIpc) is 2.94. The molecule has 0 bridgehead atoms. The summed E-state index contributed by atoms with van der Waals surface area (Å²) in [7, 11) is 0. The Morgan fingerprint density at radius 1 is 1.53 bits per heavy atom. The largest absolute Gasteiger partial charge is 0.475 e. The van der Waals surface area contributed by atoms with Gasteiger partial charge in [-0.25, -0.2) is 4.79 Å². The van der Waals surface area contributed by atoms with Gasteiger partial charge in [-0.15, -0.1) is 0 Å². The Kier molecular flexibility index (Phi) is 3.81. The second-order valence-electron chi connectivity index (χ2n) is 4.44. The minimum atomic E-state index is -1.04. The highest BCUT2D eigenvalue weighted by molar-refractivity contribution is 5.86. The number of nitrogens with one attached hydrogen (secondary N) is 1. The number of aliphatic hydroxyl groups excluding tert-OH is 1. The lowest BCUT2D eigenvalue weighted by Crippen LogP contribution is -2.33. The number of hydrogen-bond acceptors (Lipinski definition) is 4. The van der Waals surface area contributed by atoms with Gasteiger partial charge >= 0.3 is 5.97 Å². The molecule has 1 aromatic rings. The molecule has 0 radical (unpaired) electrons. The van der Waals surface area contributed by atoms with Gasteiger partial charge in [0.2, 0.25) is 5.76 Å². The lowest BCUT2D eigenvalue weighted by Gasteiger charge is -2.18. The van der Waals surface area contributed by atoms with Gasteiger partial charge in [-0.1, -0.05) is 6.42 Å². The Labute approximate surface area is 99.4 Å². The second-order valence-corrected chi connectivity index (χ2v) is 4.44. The highest BCUT2D eigenvalue weighted by Crippen LogP contribution is 2.25. The number of rotatable bonds is 5. The molecule has 94 valence electrons. The third kappa shape index (κ3) is 2.68. The van der Waals surface area contributed by atoms with E-state index in [0.717, 1.165) is 19.3 Å². The van der Waals surface area contributed by atoms with Crippen LogP contribution in [-0.4, -0.2) is 28.8 Å². The number of carbonyl (C=O) groups is 1. The summed E-state index contributed by atoms with van der Waals surface area (Å²) in [4.78, 5) is 10.8. The Bertz CT molecular complexity index is 388. The van der Waals surface area contributed by atoms with E-state index in [1.165, 1.54) is 6.26 Å². The lowest BCUT2D eigenvalue weighted by atomic mass is 10.0. The Balaban J connectivity index is 1.93. The molecule has 1 aliphatic carbocycles. The van der Waals surface area contributed by atoms with Crippen molar-refractivity contribution in [1.29, 1.82) is 0 Å². The molecular formula is C12H17NO4. The number of aliphatic hydroxyl groups is 1. The highest BCUT2D eigenvalue weighted by atomic mass is 16.4. The van der Waals surface area contributed by atoms with Gasteiger partial charge in [0.15, 0.2) is 0 Å². The minimum Gasteiger partial charge on any atom is -0.475 e. The predicted molar refractivity (Wildman–Crippen MR) is 60.7 cm³/mol. The molecule has 2 rings (SSSR count). The first-order valence-electron chi connectivity index (χ1n) is 5.86. The van der Waals surface area contributed by atoms with E-state index in [0.29, 0.717) is 12.1 Å². The van der Waals surface area contributed by atoms with Gasteiger partial charge in [0.05, 0.1) is 6.26 Å². The molecule has 1 fully saturated rings. The van der Waals surface area contributed by atoms with E-state index in [-0.39, 0.29) is 24.3 Å². The zero-order valence-electron chi connectivity index (χ0n) is 9.56. The van der Waals surface area contributed by atoms with E-state index >= 15 is 0 Å². The number of carboxylic acid groups (broad SMARTS) is 1. The summed E-state index contributed by atoms with van der Waals surface area (Å²) in [6, 6.07) is 1.94. The van der Waals surface area contributed by atoms with Crippen molar-refractivity contribution in [2.75, 3.05) is 6.61 Å². The van der Waals surface area contributed by atoms with Crippen LogP contribution in [0.4, 0.5) is 0 Å². The van der Waals surface area contributed by atoms with Gasteiger partial charge in [0.25, 0.3) is 0 Å². The third-order valence-electron chi connectivity index (χ3n) is 3.39. The topological polar surface area (TPSA) is 82.7 Å². The SMILES string of the molecule is O=C(O)c1occc1CNC1CCCC1CO. The van der Waals surface area contributed by atoms with Crippen molar-refractivity contribution < 1.29 is 19.4 Å². The first-order valence-corrected chi connectivity index (χ1v) is 5.86. The molecule has 0 spiro atoms. The summed E-state index contributed by atoms with van der Waals surface area (Å²) in [5.74, 6) is -0.761. The average molecular weight is 239 g/mol. The molecule has 1 heterocycles.